The molecular weight excluding hydrogens is 533 g/mol. The van der Waals surface area contributed by atoms with Crippen molar-refractivity contribution in [3.63, 3.8) is 0 Å². The van der Waals surface area contributed by atoms with Gasteiger partial charge < -0.3 is 14.4 Å². The molecule has 0 bridgehead atoms. The van der Waals surface area contributed by atoms with Gasteiger partial charge in [-0.2, -0.15) is 18.2 Å². The fraction of sp³-hybridized carbons (Fsp3) is 0.433. The van der Waals surface area contributed by atoms with Crippen LogP contribution in [-0.2, 0) is 16.8 Å². The van der Waals surface area contributed by atoms with Crippen molar-refractivity contribution in [3.8, 4) is 5.88 Å². The van der Waals surface area contributed by atoms with E-state index in [1.807, 2.05) is 61.2 Å². The molecule has 41 heavy (non-hydrogen) atoms. The molecule has 3 aliphatic rings. The van der Waals surface area contributed by atoms with Crippen LogP contribution < -0.4 is 9.64 Å². The summed E-state index contributed by atoms with van der Waals surface area (Å²) in [5, 5.41) is 0. The van der Waals surface area contributed by atoms with Crippen molar-refractivity contribution in [2.45, 2.75) is 64.0 Å². The lowest BCUT2D eigenvalue weighted by Gasteiger charge is -2.37. The number of ether oxygens (including phenoxy) is 2. The van der Waals surface area contributed by atoms with Gasteiger partial charge in [0, 0.05) is 29.8 Å². The molecule has 1 saturated heterocycles. The number of anilines is 1. The van der Waals surface area contributed by atoms with Crippen molar-refractivity contribution in [1.29, 1.82) is 0 Å². The summed E-state index contributed by atoms with van der Waals surface area (Å²) < 4.78 is 53.8. The molecule has 0 unspecified atom stereocenters. The van der Waals surface area contributed by atoms with Gasteiger partial charge in [-0.05, 0) is 45.2 Å². The number of aromatic nitrogens is 5. The Kier molecular flexibility index (Phi) is 5.77. The molecular formula is C30H29F3N6O2. The minimum Gasteiger partial charge on any atom is -0.473 e. The Morgan fingerprint density at radius 1 is 0.976 bits per heavy atom. The van der Waals surface area contributed by atoms with Gasteiger partial charge in [-0.25, -0.2) is 19.9 Å². The van der Waals surface area contributed by atoms with Gasteiger partial charge in [0.05, 0.1) is 35.1 Å². The summed E-state index contributed by atoms with van der Waals surface area (Å²) in [6, 6.07) is 13.6. The number of pyridine rings is 1. The average molecular weight is 563 g/mol. The summed E-state index contributed by atoms with van der Waals surface area (Å²) in [7, 11) is 0. The first-order valence-corrected chi connectivity index (χ1v) is 13.7. The van der Waals surface area contributed by atoms with E-state index in [-0.39, 0.29) is 25.0 Å². The highest BCUT2D eigenvalue weighted by Crippen LogP contribution is 2.90. The largest absolute Gasteiger partial charge is 0.473 e. The Hall–Kier alpha value is -3.86. The zero-order valence-electron chi connectivity index (χ0n) is 22.9. The van der Waals surface area contributed by atoms with E-state index in [1.54, 1.807) is 13.1 Å². The second-order valence-corrected chi connectivity index (χ2v) is 11.5. The van der Waals surface area contributed by atoms with Crippen LogP contribution in [0, 0.1) is 19.3 Å². The Bertz CT molecular complexity index is 1620. The molecule has 2 aliphatic carbocycles. The number of morpholine rings is 1. The van der Waals surface area contributed by atoms with Gasteiger partial charge in [0.1, 0.15) is 18.2 Å². The molecule has 8 nitrogen and oxygen atoms in total. The van der Waals surface area contributed by atoms with Crippen LogP contribution in [0.4, 0.5) is 19.1 Å². The fourth-order valence-corrected chi connectivity index (χ4v) is 6.03. The van der Waals surface area contributed by atoms with Crippen molar-refractivity contribution < 1.29 is 22.6 Å². The summed E-state index contributed by atoms with van der Waals surface area (Å²) in [5.74, 6) is 0.858. The molecule has 0 N–H and O–H groups in total. The lowest BCUT2D eigenvalue weighted by Crippen LogP contribution is -2.44. The van der Waals surface area contributed by atoms with Crippen LogP contribution in [0.25, 0.3) is 11.2 Å². The zero-order valence-corrected chi connectivity index (χ0v) is 22.9. The van der Waals surface area contributed by atoms with Crippen molar-refractivity contribution in [2.24, 2.45) is 5.41 Å². The number of hydrogen-bond acceptors (Lipinski definition) is 8. The van der Waals surface area contributed by atoms with E-state index in [0.717, 1.165) is 11.1 Å². The van der Waals surface area contributed by atoms with E-state index < -0.39 is 17.0 Å². The van der Waals surface area contributed by atoms with Crippen molar-refractivity contribution >= 4 is 17.1 Å². The monoisotopic (exact) mass is 562 g/mol. The first kappa shape index (κ1) is 26.1. The highest BCUT2D eigenvalue weighted by molar-refractivity contribution is 5.79. The highest BCUT2D eigenvalue weighted by atomic mass is 19.4. The van der Waals surface area contributed by atoms with Crippen LogP contribution in [0.3, 0.4) is 0 Å². The summed E-state index contributed by atoms with van der Waals surface area (Å²) >= 11 is 0. The number of benzene rings is 1. The van der Waals surface area contributed by atoms with Gasteiger partial charge in [-0.15, -0.1) is 0 Å². The Morgan fingerprint density at radius 3 is 2.41 bits per heavy atom. The number of rotatable bonds is 6. The number of fused-ring (bicyclic) bond motifs is 2. The van der Waals surface area contributed by atoms with Crippen molar-refractivity contribution in [2.75, 3.05) is 18.0 Å². The van der Waals surface area contributed by atoms with E-state index in [9.17, 15) is 13.2 Å². The second-order valence-electron chi connectivity index (χ2n) is 11.5. The molecule has 4 heterocycles. The maximum absolute atomic E-state index is 13.9. The Labute approximate surface area is 235 Å². The molecule has 3 aromatic heterocycles. The van der Waals surface area contributed by atoms with Crippen molar-refractivity contribution in [3.05, 3.63) is 76.9 Å². The smallest absolute Gasteiger partial charge is 0.395 e. The lowest BCUT2D eigenvalue weighted by molar-refractivity contribution is -0.167. The third-order valence-corrected chi connectivity index (χ3v) is 8.70. The molecule has 0 amide bonds. The number of halogens is 3. The minimum atomic E-state index is -4.28. The molecule has 0 radical (unpaired) electrons. The molecule has 7 rings (SSSR count). The Morgan fingerprint density at radius 2 is 1.73 bits per heavy atom. The first-order valence-electron chi connectivity index (χ1n) is 13.7. The highest BCUT2D eigenvalue weighted by Gasteiger charge is 2.95. The summed E-state index contributed by atoms with van der Waals surface area (Å²) in [4.78, 5) is 25.1. The Balaban J connectivity index is 1.16. The molecule has 0 spiro atoms. The van der Waals surface area contributed by atoms with E-state index in [2.05, 4.69) is 15.0 Å². The molecule has 212 valence electrons. The third-order valence-electron chi connectivity index (χ3n) is 8.70. The molecule has 4 aromatic rings. The summed E-state index contributed by atoms with van der Waals surface area (Å²) in [6.07, 6.45) is -2.98. The van der Waals surface area contributed by atoms with Crippen LogP contribution in [0.5, 0.6) is 5.88 Å². The van der Waals surface area contributed by atoms with Gasteiger partial charge in [0.25, 0.3) is 0 Å². The van der Waals surface area contributed by atoms with Gasteiger partial charge in [0.15, 0.2) is 5.65 Å². The van der Waals surface area contributed by atoms with Crippen LogP contribution in [0.1, 0.15) is 54.1 Å². The molecule has 2 saturated carbocycles. The maximum Gasteiger partial charge on any atom is 0.395 e. The maximum atomic E-state index is 13.9. The van der Waals surface area contributed by atoms with Gasteiger partial charge in [-0.3, -0.25) is 0 Å². The number of alkyl halides is 3. The number of hydrogen-bond donors (Lipinski definition) is 0. The normalized spacial score (nSPS) is 27.0. The lowest BCUT2D eigenvalue weighted by atomic mass is 10.1. The first-order chi connectivity index (χ1) is 19.6. The molecule has 1 aromatic carbocycles. The minimum absolute atomic E-state index is 0.0379. The predicted molar refractivity (Wildman–Crippen MR) is 145 cm³/mol. The SMILES string of the molecule is Cc1nc2nc(N3C[C@@H](C)O[C@@H](c4ccc(OCc5ccccc5)nc4)C3)nc(C34CC3(C(F)(F)F)C4)c2nc1C. The fourth-order valence-electron chi connectivity index (χ4n) is 6.03. The van der Waals surface area contributed by atoms with E-state index >= 15 is 0 Å². The zero-order chi connectivity index (χ0) is 28.6. The quantitative estimate of drug-likeness (QED) is 0.302. The van der Waals surface area contributed by atoms with E-state index in [0.29, 0.717) is 59.8 Å². The van der Waals surface area contributed by atoms with Crippen LogP contribution >= 0.6 is 0 Å². The molecule has 11 heteroatoms. The van der Waals surface area contributed by atoms with Crippen molar-refractivity contribution in [1.82, 2.24) is 24.9 Å². The third kappa shape index (κ3) is 4.29. The standard InChI is InChI=1S/C30H29F3N6O2/c1-17-12-39(13-22(41-17)21-9-10-23(34-11-21)40-14-20-7-5-4-6-8-20)27-37-25(28-15-29(28,16-28)30(31,32)33)24-26(38-27)36-19(3)18(2)35-24/h4-11,17,22H,12-16H2,1-3H3/t17-,22-,28?,29?/m1/s1. The topological polar surface area (TPSA) is 86.2 Å². The average Bonchev–Trinajstić information content (AvgIpc) is 3.81. The van der Waals surface area contributed by atoms with Crippen LogP contribution in [0.15, 0.2) is 48.7 Å². The summed E-state index contributed by atoms with van der Waals surface area (Å²) in [5.41, 5.74) is 1.59. The van der Waals surface area contributed by atoms with Gasteiger partial charge in [-0.1, -0.05) is 30.3 Å². The molecule has 1 aliphatic heterocycles. The number of aryl methyl sites for hydroxylation is 2. The molecule has 2 atom stereocenters. The van der Waals surface area contributed by atoms with Gasteiger partial charge in [0.2, 0.25) is 11.8 Å². The van der Waals surface area contributed by atoms with Crippen LogP contribution in [0.2, 0.25) is 0 Å². The van der Waals surface area contributed by atoms with E-state index in [1.165, 1.54) is 0 Å². The number of nitrogens with zero attached hydrogens (tertiary/aromatic N) is 6. The summed E-state index contributed by atoms with van der Waals surface area (Å²) in [6.45, 7) is 6.89. The predicted octanol–water partition coefficient (Wildman–Crippen LogP) is 5.57. The van der Waals surface area contributed by atoms with E-state index in [4.69, 9.17) is 19.4 Å². The van der Waals surface area contributed by atoms with Crippen LogP contribution in [-0.4, -0.2) is 50.3 Å². The second kappa shape index (κ2) is 9.07. The van der Waals surface area contributed by atoms with Gasteiger partial charge >= 0.3 is 6.18 Å². The molecule has 3 fully saturated rings.